The Balaban J connectivity index is 2.28. The molecule has 0 bridgehead atoms. The molecule has 0 amide bonds. The number of nitrogen functional groups attached to an aromatic ring is 1. The molecule has 0 aliphatic rings. The van der Waals surface area contributed by atoms with Gasteiger partial charge in [-0.15, -0.1) is 5.10 Å². The standard InChI is InChI=1S/C12H15N5O3/c1-3-6-20-11-8(13)4-5-9(15-11)17-7-14-10(16-17)12(18)19-2/h4-5,7H,3,6,13H2,1-2H3. The van der Waals surface area contributed by atoms with Crippen molar-refractivity contribution in [2.45, 2.75) is 13.3 Å². The van der Waals surface area contributed by atoms with Crippen LogP contribution in [0.4, 0.5) is 5.69 Å². The lowest BCUT2D eigenvalue weighted by Crippen LogP contribution is -2.07. The Labute approximate surface area is 115 Å². The van der Waals surface area contributed by atoms with Crippen LogP contribution in [-0.2, 0) is 4.74 Å². The molecule has 0 saturated heterocycles. The first-order valence-electron chi connectivity index (χ1n) is 6.05. The van der Waals surface area contributed by atoms with Crippen LogP contribution in [0.15, 0.2) is 18.5 Å². The number of pyridine rings is 1. The van der Waals surface area contributed by atoms with Crippen molar-refractivity contribution in [3.8, 4) is 11.7 Å². The van der Waals surface area contributed by atoms with Crippen LogP contribution in [0.5, 0.6) is 5.88 Å². The number of esters is 1. The maximum absolute atomic E-state index is 11.3. The molecule has 0 aromatic carbocycles. The molecule has 0 radical (unpaired) electrons. The van der Waals surface area contributed by atoms with Crippen molar-refractivity contribution in [3.63, 3.8) is 0 Å². The molecule has 0 aliphatic heterocycles. The summed E-state index contributed by atoms with van der Waals surface area (Å²) in [5.41, 5.74) is 6.22. The van der Waals surface area contributed by atoms with Gasteiger partial charge in [0.1, 0.15) is 6.33 Å². The Morgan fingerprint density at radius 1 is 1.45 bits per heavy atom. The fourth-order valence-electron chi connectivity index (χ4n) is 1.44. The van der Waals surface area contributed by atoms with Crippen LogP contribution in [0.2, 0.25) is 0 Å². The van der Waals surface area contributed by atoms with Crippen LogP contribution in [0.3, 0.4) is 0 Å². The number of carbonyl (C=O) groups is 1. The van der Waals surface area contributed by atoms with Gasteiger partial charge in [0, 0.05) is 0 Å². The summed E-state index contributed by atoms with van der Waals surface area (Å²) in [6.45, 7) is 2.51. The Morgan fingerprint density at radius 2 is 2.25 bits per heavy atom. The molecule has 0 saturated carbocycles. The second-order valence-corrected chi connectivity index (χ2v) is 3.92. The summed E-state index contributed by atoms with van der Waals surface area (Å²) < 4.78 is 11.3. The first-order chi connectivity index (χ1) is 9.65. The third kappa shape index (κ3) is 2.85. The van der Waals surface area contributed by atoms with E-state index in [0.717, 1.165) is 6.42 Å². The van der Waals surface area contributed by atoms with Crippen molar-refractivity contribution in [1.82, 2.24) is 19.7 Å². The fraction of sp³-hybridized carbons (Fsp3) is 0.333. The molecule has 8 heteroatoms. The predicted octanol–water partition coefficient (Wildman–Crippen LogP) is 0.820. The van der Waals surface area contributed by atoms with Crippen LogP contribution in [-0.4, -0.2) is 39.4 Å². The lowest BCUT2D eigenvalue weighted by Gasteiger charge is -2.08. The molecule has 2 heterocycles. The van der Waals surface area contributed by atoms with Gasteiger partial charge in [0.05, 0.1) is 19.4 Å². The number of anilines is 1. The molecule has 2 N–H and O–H groups in total. The average molecular weight is 277 g/mol. The minimum atomic E-state index is -0.610. The number of hydrogen-bond donors (Lipinski definition) is 1. The van der Waals surface area contributed by atoms with Crippen molar-refractivity contribution >= 4 is 11.7 Å². The van der Waals surface area contributed by atoms with Gasteiger partial charge in [-0.25, -0.2) is 14.5 Å². The lowest BCUT2D eigenvalue weighted by molar-refractivity contribution is 0.0587. The number of methoxy groups -OCH3 is 1. The summed E-state index contributed by atoms with van der Waals surface area (Å²) >= 11 is 0. The number of rotatable bonds is 5. The van der Waals surface area contributed by atoms with Gasteiger partial charge in [-0.05, 0) is 18.6 Å². The second kappa shape index (κ2) is 6.00. The molecule has 0 unspecified atom stereocenters. The van der Waals surface area contributed by atoms with Gasteiger partial charge in [-0.2, -0.15) is 4.98 Å². The SMILES string of the molecule is CCCOc1nc(-n2cnc(C(=O)OC)n2)ccc1N. The summed E-state index contributed by atoms with van der Waals surface area (Å²) in [6.07, 6.45) is 2.22. The summed E-state index contributed by atoms with van der Waals surface area (Å²) in [6, 6.07) is 3.32. The van der Waals surface area contributed by atoms with Gasteiger partial charge in [0.15, 0.2) is 5.82 Å². The Kier molecular flexibility index (Phi) is 4.14. The molecule has 0 aliphatic carbocycles. The van der Waals surface area contributed by atoms with E-state index >= 15 is 0 Å². The lowest BCUT2D eigenvalue weighted by atomic mass is 10.4. The highest BCUT2D eigenvalue weighted by Gasteiger charge is 2.13. The van der Waals surface area contributed by atoms with Gasteiger partial charge in [-0.1, -0.05) is 6.92 Å². The van der Waals surface area contributed by atoms with Crippen LogP contribution >= 0.6 is 0 Å². The Morgan fingerprint density at radius 3 is 2.95 bits per heavy atom. The monoisotopic (exact) mass is 277 g/mol. The van der Waals surface area contributed by atoms with Gasteiger partial charge in [0.25, 0.3) is 5.82 Å². The molecule has 2 rings (SSSR count). The van der Waals surface area contributed by atoms with Crippen LogP contribution < -0.4 is 10.5 Å². The minimum absolute atomic E-state index is 0.0397. The van der Waals surface area contributed by atoms with Gasteiger partial charge in [-0.3, -0.25) is 0 Å². The van der Waals surface area contributed by atoms with Crippen molar-refractivity contribution in [3.05, 3.63) is 24.3 Å². The number of hydrogen-bond acceptors (Lipinski definition) is 7. The smallest absolute Gasteiger partial charge is 0.377 e. The maximum Gasteiger partial charge on any atom is 0.377 e. The molecule has 2 aromatic heterocycles. The summed E-state index contributed by atoms with van der Waals surface area (Å²) in [5, 5.41) is 3.97. The van der Waals surface area contributed by atoms with Crippen molar-refractivity contribution in [2.75, 3.05) is 19.5 Å². The summed E-state index contributed by atoms with van der Waals surface area (Å²) in [7, 11) is 1.27. The van der Waals surface area contributed by atoms with Crippen LogP contribution in [0.25, 0.3) is 5.82 Å². The third-order valence-corrected chi connectivity index (χ3v) is 2.41. The van der Waals surface area contributed by atoms with Crippen molar-refractivity contribution in [1.29, 1.82) is 0 Å². The van der Waals surface area contributed by atoms with Crippen molar-refractivity contribution in [2.24, 2.45) is 0 Å². The Hall–Kier alpha value is -2.64. The molecule has 20 heavy (non-hydrogen) atoms. The molecular weight excluding hydrogens is 262 g/mol. The van der Waals surface area contributed by atoms with Gasteiger partial charge >= 0.3 is 5.97 Å². The molecule has 106 valence electrons. The zero-order valence-corrected chi connectivity index (χ0v) is 11.2. The minimum Gasteiger partial charge on any atom is -0.476 e. The molecule has 8 nitrogen and oxygen atoms in total. The summed E-state index contributed by atoms with van der Waals surface area (Å²) in [5.74, 6) is 0.135. The van der Waals surface area contributed by atoms with E-state index in [4.69, 9.17) is 10.5 Å². The second-order valence-electron chi connectivity index (χ2n) is 3.92. The molecule has 0 atom stereocenters. The molecular formula is C12H15N5O3. The maximum atomic E-state index is 11.3. The highest BCUT2D eigenvalue weighted by molar-refractivity contribution is 5.84. The van der Waals surface area contributed by atoms with E-state index in [0.29, 0.717) is 24.0 Å². The number of ether oxygens (including phenoxy) is 2. The van der Waals surface area contributed by atoms with Crippen LogP contribution in [0, 0.1) is 0 Å². The van der Waals surface area contributed by atoms with E-state index in [-0.39, 0.29) is 5.82 Å². The quantitative estimate of drug-likeness (QED) is 0.806. The Bertz CT molecular complexity index is 611. The molecule has 2 aromatic rings. The number of aromatic nitrogens is 4. The van der Waals surface area contributed by atoms with Crippen molar-refractivity contribution < 1.29 is 14.3 Å². The first-order valence-corrected chi connectivity index (χ1v) is 6.05. The van der Waals surface area contributed by atoms with E-state index in [1.54, 1.807) is 12.1 Å². The van der Waals surface area contributed by atoms with Gasteiger partial charge in [0.2, 0.25) is 5.88 Å². The summed E-state index contributed by atoms with van der Waals surface area (Å²) in [4.78, 5) is 19.4. The highest BCUT2D eigenvalue weighted by Crippen LogP contribution is 2.20. The van der Waals surface area contributed by atoms with E-state index in [9.17, 15) is 4.79 Å². The topological polar surface area (TPSA) is 105 Å². The normalized spacial score (nSPS) is 10.3. The number of carbonyl (C=O) groups excluding carboxylic acids is 1. The number of nitrogens with two attached hydrogens (primary N) is 1. The molecule has 0 spiro atoms. The van der Waals surface area contributed by atoms with E-state index in [1.807, 2.05) is 6.92 Å². The highest BCUT2D eigenvalue weighted by atomic mass is 16.5. The fourth-order valence-corrected chi connectivity index (χ4v) is 1.44. The first kappa shape index (κ1) is 13.8. The third-order valence-electron chi connectivity index (χ3n) is 2.41. The van der Waals surface area contributed by atoms with Crippen LogP contribution in [0.1, 0.15) is 24.0 Å². The molecule has 0 fully saturated rings. The average Bonchev–Trinajstić information content (AvgIpc) is 2.95. The zero-order valence-electron chi connectivity index (χ0n) is 11.2. The zero-order chi connectivity index (χ0) is 14.5. The largest absolute Gasteiger partial charge is 0.476 e. The van der Waals surface area contributed by atoms with E-state index < -0.39 is 5.97 Å². The van der Waals surface area contributed by atoms with Gasteiger partial charge < -0.3 is 15.2 Å². The van der Waals surface area contributed by atoms with E-state index in [2.05, 4.69) is 19.8 Å². The predicted molar refractivity (Wildman–Crippen MR) is 70.7 cm³/mol. The number of nitrogens with zero attached hydrogens (tertiary/aromatic N) is 4. The van der Waals surface area contributed by atoms with E-state index in [1.165, 1.54) is 18.1 Å².